The Balaban J connectivity index is 2.39. The smallest absolute Gasteiger partial charge is 0.125 e. The molecule has 17 heavy (non-hydrogen) atoms. The van der Waals surface area contributed by atoms with Crippen molar-refractivity contribution in [2.45, 2.75) is 19.7 Å². The lowest BCUT2D eigenvalue weighted by atomic mass is 10.2. The van der Waals surface area contributed by atoms with Gasteiger partial charge in [-0.1, -0.05) is 31.5 Å². The van der Waals surface area contributed by atoms with E-state index in [4.69, 9.17) is 32.7 Å². The van der Waals surface area contributed by atoms with Gasteiger partial charge in [0.2, 0.25) is 0 Å². The Bertz CT molecular complexity index is 340. The molecule has 0 bridgehead atoms. The highest BCUT2D eigenvalue weighted by molar-refractivity contribution is 6.32. The van der Waals surface area contributed by atoms with E-state index in [-0.39, 0.29) is 0 Å². The van der Waals surface area contributed by atoms with Gasteiger partial charge >= 0.3 is 0 Å². The van der Waals surface area contributed by atoms with Gasteiger partial charge in [-0.05, 0) is 18.1 Å². The normalized spacial score (nSPS) is 10.9. The molecule has 0 saturated heterocycles. The molecule has 0 heterocycles. The van der Waals surface area contributed by atoms with Crippen molar-refractivity contribution >= 4 is 23.2 Å². The van der Waals surface area contributed by atoms with Crippen molar-refractivity contribution in [1.82, 2.24) is 0 Å². The van der Waals surface area contributed by atoms with Crippen LogP contribution in [0.2, 0.25) is 5.02 Å². The summed E-state index contributed by atoms with van der Waals surface area (Å²) in [7, 11) is 0. The second-order valence-corrected chi connectivity index (χ2v) is 4.84. The SMILES string of the molecule is CC(C)COCCOc1cccc(Cl)c1CCl. The molecule has 0 unspecified atom stereocenters. The van der Waals surface area contributed by atoms with Gasteiger partial charge in [-0.3, -0.25) is 0 Å². The van der Waals surface area contributed by atoms with Crippen molar-refractivity contribution < 1.29 is 9.47 Å². The molecular weight excluding hydrogens is 259 g/mol. The first-order chi connectivity index (χ1) is 8.15. The molecule has 0 radical (unpaired) electrons. The van der Waals surface area contributed by atoms with Crippen LogP contribution in [0, 0.1) is 5.92 Å². The van der Waals surface area contributed by atoms with E-state index in [2.05, 4.69) is 13.8 Å². The molecule has 0 aliphatic rings. The van der Waals surface area contributed by atoms with Crippen LogP contribution in [0.25, 0.3) is 0 Å². The minimum Gasteiger partial charge on any atom is -0.491 e. The van der Waals surface area contributed by atoms with Gasteiger partial charge in [0, 0.05) is 17.2 Å². The first-order valence-corrected chi connectivity index (χ1v) is 6.60. The summed E-state index contributed by atoms with van der Waals surface area (Å²) in [5.74, 6) is 1.63. The topological polar surface area (TPSA) is 18.5 Å². The molecular formula is C13H18Cl2O2. The molecule has 0 amide bonds. The quantitative estimate of drug-likeness (QED) is 0.551. The van der Waals surface area contributed by atoms with Crippen LogP contribution in [0.1, 0.15) is 19.4 Å². The fraction of sp³-hybridized carbons (Fsp3) is 0.538. The van der Waals surface area contributed by atoms with E-state index in [1.807, 2.05) is 12.1 Å². The predicted octanol–water partition coefficient (Wildman–Crippen LogP) is 4.13. The van der Waals surface area contributed by atoms with Gasteiger partial charge in [-0.2, -0.15) is 0 Å². The van der Waals surface area contributed by atoms with Crippen LogP contribution in [0.4, 0.5) is 0 Å². The number of hydrogen-bond donors (Lipinski definition) is 0. The molecule has 0 aromatic heterocycles. The number of hydrogen-bond acceptors (Lipinski definition) is 2. The summed E-state index contributed by atoms with van der Waals surface area (Å²) in [4.78, 5) is 0. The van der Waals surface area contributed by atoms with Crippen molar-refractivity contribution in [1.29, 1.82) is 0 Å². The van der Waals surface area contributed by atoms with E-state index < -0.39 is 0 Å². The van der Waals surface area contributed by atoms with Crippen LogP contribution in [0.5, 0.6) is 5.75 Å². The highest BCUT2D eigenvalue weighted by Gasteiger charge is 2.06. The standard InChI is InChI=1S/C13H18Cl2O2/c1-10(2)9-16-6-7-17-13-5-3-4-12(15)11(13)8-14/h3-5,10H,6-9H2,1-2H3. The third kappa shape index (κ3) is 5.15. The van der Waals surface area contributed by atoms with Crippen molar-refractivity contribution in [3.05, 3.63) is 28.8 Å². The van der Waals surface area contributed by atoms with E-state index in [1.165, 1.54) is 0 Å². The first kappa shape index (κ1) is 14.6. The Kier molecular flexibility index (Phi) is 6.71. The van der Waals surface area contributed by atoms with Crippen molar-refractivity contribution in [3.63, 3.8) is 0 Å². The van der Waals surface area contributed by atoms with Gasteiger partial charge in [0.25, 0.3) is 0 Å². The number of halogens is 2. The molecule has 0 saturated carbocycles. The van der Waals surface area contributed by atoms with Gasteiger partial charge in [0.05, 0.1) is 12.5 Å². The molecule has 1 aromatic rings. The van der Waals surface area contributed by atoms with Crippen molar-refractivity contribution in [2.24, 2.45) is 5.92 Å². The van der Waals surface area contributed by atoms with Crippen LogP contribution in [0.3, 0.4) is 0 Å². The molecule has 0 fully saturated rings. The Labute approximate surface area is 113 Å². The van der Waals surface area contributed by atoms with Crippen LogP contribution in [0.15, 0.2) is 18.2 Å². The fourth-order valence-electron chi connectivity index (χ4n) is 1.33. The third-order valence-corrected chi connectivity index (χ3v) is 2.77. The number of rotatable bonds is 7. The molecule has 0 atom stereocenters. The zero-order valence-electron chi connectivity index (χ0n) is 10.2. The molecule has 4 heteroatoms. The summed E-state index contributed by atoms with van der Waals surface area (Å²) >= 11 is 11.8. The fourth-order valence-corrected chi connectivity index (χ4v) is 1.91. The lowest BCUT2D eigenvalue weighted by molar-refractivity contribution is 0.0817. The van der Waals surface area contributed by atoms with Crippen LogP contribution in [-0.4, -0.2) is 19.8 Å². The average Bonchev–Trinajstić information content (AvgIpc) is 2.28. The van der Waals surface area contributed by atoms with E-state index in [9.17, 15) is 0 Å². The number of ether oxygens (including phenoxy) is 2. The highest BCUT2D eigenvalue weighted by Crippen LogP contribution is 2.27. The summed E-state index contributed by atoms with van der Waals surface area (Å²) in [6, 6.07) is 5.52. The van der Waals surface area contributed by atoms with Gasteiger partial charge in [-0.25, -0.2) is 0 Å². The molecule has 2 nitrogen and oxygen atoms in total. The molecule has 1 aromatic carbocycles. The molecule has 96 valence electrons. The maximum Gasteiger partial charge on any atom is 0.125 e. The first-order valence-electron chi connectivity index (χ1n) is 5.69. The van der Waals surface area contributed by atoms with Crippen LogP contribution >= 0.6 is 23.2 Å². The lowest BCUT2D eigenvalue weighted by Crippen LogP contribution is -2.10. The van der Waals surface area contributed by atoms with E-state index in [0.717, 1.165) is 17.9 Å². The van der Waals surface area contributed by atoms with Gasteiger partial charge in [0.15, 0.2) is 0 Å². The Morgan fingerprint density at radius 1 is 1.24 bits per heavy atom. The summed E-state index contributed by atoms with van der Waals surface area (Å²) < 4.78 is 11.0. The summed E-state index contributed by atoms with van der Waals surface area (Å²) in [6.45, 7) is 6.07. The second-order valence-electron chi connectivity index (χ2n) is 4.17. The van der Waals surface area contributed by atoms with E-state index >= 15 is 0 Å². The molecule has 0 aliphatic carbocycles. The van der Waals surface area contributed by atoms with Gasteiger partial charge in [0.1, 0.15) is 12.4 Å². The lowest BCUT2D eigenvalue weighted by Gasteiger charge is -2.12. The molecule has 0 aliphatic heterocycles. The third-order valence-electron chi connectivity index (χ3n) is 2.15. The van der Waals surface area contributed by atoms with E-state index in [0.29, 0.717) is 30.0 Å². The van der Waals surface area contributed by atoms with Crippen molar-refractivity contribution in [2.75, 3.05) is 19.8 Å². The average molecular weight is 277 g/mol. The summed E-state index contributed by atoms with van der Waals surface area (Å²) in [5, 5.41) is 0.639. The Hall–Kier alpha value is -0.440. The Morgan fingerprint density at radius 2 is 2.00 bits per heavy atom. The van der Waals surface area contributed by atoms with Gasteiger partial charge in [-0.15, -0.1) is 11.6 Å². The van der Waals surface area contributed by atoms with Crippen molar-refractivity contribution in [3.8, 4) is 5.75 Å². The minimum absolute atomic E-state index is 0.349. The second kappa shape index (κ2) is 7.80. The monoisotopic (exact) mass is 276 g/mol. The van der Waals surface area contributed by atoms with Gasteiger partial charge < -0.3 is 9.47 Å². The molecule has 1 rings (SSSR count). The largest absolute Gasteiger partial charge is 0.491 e. The minimum atomic E-state index is 0.349. The number of benzene rings is 1. The zero-order chi connectivity index (χ0) is 12.7. The Morgan fingerprint density at radius 3 is 2.65 bits per heavy atom. The number of alkyl halides is 1. The zero-order valence-corrected chi connectivity index (χ0v) is 11.7. The summed E-state index contributed by atoms with van der Waals surface area (Å²) in [5.41, 5.74) is 0.833. The highest BCUT2D eigenvalue weighted by atomic mass is 35.5. The van der Waals surface area contributed by atoms with Crippen LogP contribution in [-0.2, 0) is 10.6 Å². The molecule has 0 N–H and O–H groups in total. The van der Waals surface area contributed by atoms with E-state index in [1.54, 1.807) is 6.07 Å². The maximum absolute atomic E-state index is 6.02. The predicted molar refractivity (Wildman–Crippen MR) is 72.2 cm³/mol. The van der Waals surface area contributed by atoms with Crippen LogP contribution < -0.4 is 4.74 Å². The summed E-state index contributed by atoms with van der Waals surface area (Å²) in [6.07, 6.45) is 0. The maximum atomic E-state index is 6.02. The molecule has 0 spiro atoms.